The number of hydrogen-bond acceptors (Lipinski definition) is 8. The van der Waals surface area contributed by atoms with Gasteiger partial charge in [-0.3, -0.25) is 4.98 Å². The SMILES string of the molecule is CCCCN1C=C(c2ccccc2)OC1c1ccccc1C(=O)O.O=C(O)c1ccccc1-c1nnc(-c2cncc(Cl)c2)o1. The van der Waals surface area contributed by atoms with Crippen LogP contribution < -0.4 is 0 Å². The second-order valence-corrected chi connectivity index (χ2v) is 10.4. The first-order valence-electron chi connectivity index (χ1n) is 14.1. The lowest BCUT2D eigenvalue weighted by Crippen LogP contribution is -2.23. The van der Waals surface area contributed by atoms with Gasteiger partial charge >= 0.3 is 11.9 Å². The van der Waals surface area contributed by atoms with Crippen LogP contribution in [0.2, 0.25) is 5.02 Å². The van der Waals surface area contributed by atoms with Crippen molar-refractivity contribution in [2.45, 2.75) is 26.0 Å². The third-order valence-electron chi connectivity index (χ3n) is 6.87. The second kappa shape index (κ2) is 14.3. The quantitative estimate of drug-likeness (QED) is 0.168. The average molecular weight is 625 g/mol. The van der Waals surface area contributed by atoms with Crippen LogP contribution in [0.25, 0.3) is 28.7 Å². The summed E-state index contributed by atoms with van der Waals surface area (Å²) in [6.45, 7) is 2.96. The molecule has 10 nitrogen and oxygen atoms in total. The Morgan fingerprint density at radius 2 is 1.51 bits per heavy atom. The molecular weight excluding hydrogens is 596 g/mol. The molecule has 2 aromatic heterocycles. The van der Waals surface area contributed by atoms with E-state index in [0.29, 0.717) is 21.7 Å². The van der Waals surface area contributed by atoms with Crippen molar-refractivity contribution in [1.82, 2.24) is 20.1 Å². The van der Waals surface area contributed by atoms with Gasteiger partial charge in [0.15, 0.2) is 6.23 Å². The summed E-state index contributed by atoms with van der Waals surface area (Å²) in [7, 11) is 0. The molecule has 0 fully saturated rings. The third-order valence-corrected chi connectivity index (χ3v) is 7.08. The van der Waals surface area contributed by atoms with Gasteiger partial charge in [0, 0.05) is 36.3 Å². The van der Waals surface area contributed by atoms with Gasteiger partial charge in [-0.25, -0.2) is 9.59 Å². The molecule has 0 aliphatic carbocycles. The molecule has 3 heterocycles. The molecule has 45 heavy (non-hydrogen) atoms. The zero-order chi connectivity index (χ0) is 31.8. The topological polar surface area (TPSA) is 139 Å². The van der Waals surface area contributed by atoms with Gasteiger partial charge in [0.05, 0.1) is 27.3 Å². The molecule has 1 aliphatic rings. The number of halogens is 1. The molecule has 6 rings (SSSR count). The lowest BCUT2D eigenvalue weighted by atomic mass is 10.1. The van der Waals surface area contributed by atoms with Crippen LogP contribution in [0.15, 0.2) is 108 Å². The molecule has 0 amide bonds. The van der Waals surface area contributed by atoms with E-state index in [1.54, 1.807) is 36.4 Å². The van der Waals surface area contributed by atoms with Gasteiger partial charge in [-0.2, -0.15) is 0 Å². The maximum Gasteiger partial charge on any atom is 0.336 e. The number of benzene rings is 3. The minimum atomic E-state index is -1.06. The first-order valence-corrected chi connectivity index (χ1v) is 14.5. The maximum atomic E-state index is 11.6. The fourth-order valence-electron chi connectivity index (χ4n) is 4.69. The molecule has 0 bridgehead atoms. The van der Waals surface area contributed by atoms with E-state index in [-0.39, 0.29) is 22.9 Å². The summed E-state index contributed by atoms with van der Waals surface area (Å²) in [5.74, 6) is -0.868. The van der Waals surface area contributed by atoms with E-state index in [9.17, 15) is 14.7 Å². The summed E-state index contributed by atoms with van der Waals surface area (Å²) in [4.78, 5) is 28.8. The highest BCUT2D eigenvalue weighted by molar-refractivity contribution is 6.30. The van der Waals surface area contributed by atoms with Gasteiger partial charge in [-0.15, -0.1) is 10.2 Å². The summed E-state index contributed by atoms with van der Waals surface area (Å²) in [5, 5.41) is 26.9. The molecule has 0 saturated carbocycles. The lowest BCUT2D eigenvalue weighted by Gasteiger charge is -2.25. The van der Waals surface area contributed by atoms with E-state index >= 15 is 0 Å². The predicted octanol–water partition coefficient (Wildman–Crippen LogP) is 7.66. The standard InChI is InChI=1S/C20H21NO3.C14H8ClN3O3/c1-2-3-13-21-14-18(15-9-5-4-6-10-15)24-19(21)16-11-7-8-12-17(16)20(22)23;15-9-5-8(6-16-7-9)12-17-18-13(21-12)10-3-1-2-4-11(10)14(19)20/h4-12,14,19H,2-3,13H2,1H3,(H,22,23);1-7H,(H,19,20). The number of rotatable bonds is 9. The van der Waals surface area contributed by atoms with Crippen molar-refractivity contribution < 1.29 is 29.0 Å². The van der Waals surface area contributed by atoms with Gasteiger partial charge in [-0.1, -0.05) is 85.6 Å². The zero-order valence-electron chi connectivity index (χ0n) is 24.2. The molecule has 0 radical (unpaired) electrons. The fourth-order valence-corrected chi connectivity index (χ4v) is 4.86. The highest BCUT2D eigenvalue weighted by Gasteiger charge is 2.31. The number of carbonyl (C=O) groups is 2. The minimum absolute atomic E-state index is 0.0944. The highest BCUT2D eigenvalue weighted by atomic mass is 35.5. The van der Waals surface area contributed by atoms with Crippen LogP contribution in [0.3, 0.4) is 0 Å². The Hall–Kier alpha value is -5.48. The van der Waals surface area contributed by atoms with Crippen LogP contribution in [0.5, 0.6) is 0 Å². The van der Waals surface area contributed by atoms with E-state index in [0.717, 1.165) is 30.7 Å². The molecule has 1 unspecified atom stereocenters. The smallest absolute Gasteiger partial charge is 0.336 e. The third kappa shape index (κ3) is 7.36. The van der Waals surface area contributed by atoms with Gasteiger partial charge < -0.3 is 24.3 Å². The highest BCUT2D eigenvalue weighted by Crippen LogP contribution is 2.37. The van der Waals surface area contributed by atoms with E-state index in [4.69, 9.17) is 25.9 Å². The number of carboxylic acid groups (broad SMARTS) is 2. The first kappa shape index (κ1) is 31.0. The number of aromatic carboxylic acids is 2. The molecule has 0 spiro atoms. The molecule has 2 N–H and O–H groups in total. The van der Waals surface area contributed by atoms with Crippen LogP contribution in [-0.2, 0) is 4.74 Å². The van der Waals surface area contributed by atoms with Crippen molar-refractivity contribution >= 4 is 29.3 Å². The van der Waals surface area contributed by atoms with Gasteiger partial charge in [0.2, 0.25) is 11.8 Å². The van der Waals surface area contributed by atoms with Crippen molar-refractivity contribution in [3.05, 3.63) is 131 Å². The molecule has 0 saturated heterocycles. The van der Waals surface area contributed by atoms with Crippen molar-refractivity contribution in [3.8, 4) is 22.9 Å². The summed E-state index contributed by atoms with van der Waals surface area (Å²) in [6.07, 6.45) is 6.70. The fraction of sp³-hybridized carbons (Fsp3) is 0.147. The van der Waals surface area contributed by atoms with Crippen LogP contribution in [0, 0.1) is 0 Å². The van der Waals surface area contributed by atoms with Gasteiger partial charge in [-0.05, 0) is 30.7 Å². The minimum Gasteiger partial charge on any atom is -0.478 e. The monoisotopic (exact) mass is 624 g/mol. The van der Waals surface area contributed by atoms with Crippen molar-refractivity contribution in [3.63, 3.8) is 0 Å². The number of nitrogens with zero attached hydrogens (tertiary/aromatic N) is 4. The normalized spacial score (nSPS) is 13.8. The van der Waals surface area contributed by atoms with Crippen molar-refractivity contribution in [1.29, 1.82) is 0 Å². The maximum absolute atomic E-state index is 11.6. The Bertz CT molecular complexity index is 1820. The number of pyridine rings is 1. The second-order valence-electron chi connectivity index (χ2n) is 9.97. The number of aromatic nitrogens is 3. The van der Waals surface area contributed by atoms with Crippen LogP contribution in [0.1, 0.15) is 57.8 Å². The lowest BCUT2D eigenvalue weighted by molar-refractivity contribution is 0.0595. The molecule has 5 aromatic rings. The van der Waals surface area contributed by atoms with E-state index in [1.807, 2.05) is 48.7 Å². The van der Waals surface area contributed by atoms with E-state index < -0.39 is 18.2 Å². The molecule has 3 aromatic carbocycles. The number of carboxylic acids is 2. The Kier molecular flexibility index (Phi) is 9.86. The molecule has 1 atom stereocenters. The van der Waals surface area contributed by atoms with E-state index in [1.165, 1.54) is 18.5 Å². The Labute approximate surface area is 264 Å². The Morgan fingerprint density at radius 1 is 0.844 bits per heavy atom. The van der Waals surface area contributed by atoms with Crippen LogP contribution >= 0.6 is 11.6 Å². The zero-order valence-corrected chi connectivity index (χ0v) is 25.0. The van der Waals surface area contributed by atoms with Crippen molar-refractivity contribution in [2.75, 3.05) is 6.54 Å². The largest absolute Gasteiger partial charge is 0.478 e. The summed E-state index contributed by atoms with van der Waals surface area (Å²) < 4.78 is 11.7. The number of unbranched alkanes of at least 4 members (excludes halogenated alkanes) is 1. The molecular formula is C34H29ClN4O6. The summed E-state index contributed by atoms with van der Waals surface area (Å²) in [5.41, 5.74) is 2.98. The predicted molar refractivity (Wildman–Crippen MR) is 168 cm³/mol. The Balaban J connectivity index is 0.000000179. The van der Waals surface area contributed by atoms with E-state index in [2.05, 4.69) is 27.0 Å². The van der Waals surface area contributed by atoms with Crippen LogP contribution in [0.4, 0.5) is 0 Å². The molecule has 228 valence electrons. The number of ether oxygens (including phenoxy) is 1. The average Bonchev–Trinajstić information content (AvgIpc) is 3.73. The van der Waals surface area contributed by atoms with Crippen LogP contribution in [-0.4, -0.2) is 48.8 Å². The summed E-state index contributed by atoms with van der Waals surface area (Å²) >= 11 is 5.86. The molecule has 1 aliphatic heterocycles. The van der Waals surface area contributed by atoms with Gasteiger partial charge in [0.1, 0.15) is 5.76 Å². The summed E-state index contributed by atoms with van der Waals surface area (Å²) in [6, 6.07) is 25.0. The van der Waals surface area contributed by atoms with Crippen molar-refractivity contribution in [2.24, 2.45) is 0 Å². The number of hydrogen-bond donors (Lipinski definition) is 2. The first-order chi connectivity index (χ1) is 21.9. The Morgan fingerprint density at radius 3 is 2.22 bits per heavy atom. The van der Waals surface area contributed by atoms with Gasteiger partial charge in [0.25, 0.3) is 0 Å². The molecule has 11 heteroatoms.